The van der Waals surface area contributed by atoms with Crippen molar-refractivity contribution in [3.63, 3.8) is 0 Å². The van der Waals surface area contributed by atoms with Gasteiger partial charge in [-0.05, 0) is 41.6 Å². The number of aromatic nitrogens is 2. The van der Waals surface area contributed by atoms with Gasteiger partial charge in [-0.3, -0.25) is 4.68 Å². The summed E-state index contributed by atoms with van der Waals surface area (Å²) >= 11 is 1.59. The smallest absolute Gasteiger partial charge is 0.212 e. The van der Waals surface area contributed by atoms with Gasteiger partial charge in [0.05, 0.1) is 18.9 Å². The number of nitrogens with one attached hydrogen (secondary N) is 1. The van der Waals surface area contributed by atoms with Gasteiger partial charge in [0.2, 0.25) is 10.0 Å². The zero-order valence-corrected chi connectivity index (χ0v) is 16.0. The number of hydrogen-bond acceptors (Lipinski definition) is 5. The third-order valence-corrected chi connectivity index (χ3v) is 6.35. The monoisotopic (exact) mass is 391 g/mol. The summed E-state index contributed by atoms with van der Waals surface area (Å²) < 4.78 is 34.4. The van der Waals surface area contributed by atoms with Crippen molar-refractivity contribution in [3.8, 4) is 5.75 Å². The maximum Gasteiger partial charge on any atom is 0.212 e. The summed E-state index contributed by atoms with van der Waals surface area (Å²) in [7, 11) is -1.79. The molecule has 0 saturated heterocycles. The Balaban J connectivity index is 1.60. The molecule has 0 saturated carbocycles. The summed E-state index contributed by atoms with van der Waals surface area (Å²) in [4.78, 5) is 1.06. The lowest BCUT2D eigenvalue weighted by atomic mass is 10.2. The van der Waals surface area contributed by atoms with Gasteiger partial charge in [0, 0.05) is 23.8 Å². The lowest BCUT2D eigenvalue weighted by molar-refractivity contribution is 0.414. The van der Waals surface area contributed by atoms with Crippen LogP contribution >= 0.6 is 11.3 Å². The first-order chi connectivity index (χ1) is 12.6. The highest BCUT2D eigenvalue weighted by Gasteiger charge is 2.19. The van der Waals surface area contributed by atoms with Crippen molar-refractivity contribution in [1.29, 1.82) is 0 Å². The molecule has 26 heavy (non-hydrogen) atoms. The van der Waals surface area contributed by atoms with Crippen LogP contribution in [0.3, 0.4) is 0 Å². The highest BCUT2D eigenvalue weighted by molar-refractivity contribution is 7.89. The Morgan fingerprint density at radius 2 is 2.04 bits per heavy atom. The van der Waals surface area contributed by atoms with Crippen molar-refractivity contribution in [1.82, 2.24) is 14.5 Å². The number of aryl methyl sites for hydroxylation is 1. The fraction of sp³-hybridized carbons (Fsp3) is 0.278. The lowest BCUT2D eigenvalue weighted by Crippen LogP contribution is -2.33. The molecule has 0 radical (unpaired) electrons. The van der Waals surface area contributed by atoms with Crippen LogP contribution in [0.4, 0.5) is 0 Å². The number of ether oxygens (including phenoxy) is 1. The van der Waals surface area contributed by atoms with Crippen molar-refractivity contribution >= 4 is 21.4 Å². The van der Waals surface area contributed by atoms with Crippen molar-refractivity contribution in [2.45, 2.75) is 12.5 Å². The Hall–Kier alpha value is -2.16. The Morgan fingerprint density at radius 3 is 2.65 bits per heavy atom. The molecule has 3 aromatic rings. The molecule has 3 rings (SSSR count). The first-order valence-corrected chi connectivity index (χ1v) is 10.7. The minimum Gasteiger partial charge on any atom is -0.497 e. The minimum absolute atomic E-state index is 0.0373. The van der Waals surface area contributed by atoms with E-state index in [4.69, 9.17) is 4.74 Å². The highest BCUT2D eigenvalue weighted by atomic mass is 32.2. The number of hydrogen-bond donors (Lipinski definition) is 1. The van der Waals surface area contributed by atoms with E-state index in [1.165, 1.54) is 0 Å². The summed E-state index contributed by atoms with van der Waals surface area (Å²) in [5.41, 5.74) is 0.957. The van der Waals surface area contributed by atoms with Crippen LogP contribution in [-0.4, -0.2) is 37.6 Å². The van der Waals surface area contributed by atoms with E-state index in [2.05, 4.69) is 9.82 Å². The molecule has 6 nitrogen and oxygen atoms in total. The molecule has 0 aliphatic rings. The van der Waals surface area contributed by atoms with E-state index in [1.54, 1.807) is 29.3 Å². The molecule has 138 valence electrons. The number of sulfonamides is 1. The standard InChI is InChI=1S/C18H21N3O3S2/c1-24-16-7-5-15(6-8-16)9-13-26(22,23)20-14-17(18-4-2-12-25-18)21-11-3-10-19-21/h2-8,10-12,17,20H,9,13-14H2,1H3. The van der Waals surface area contributed by atoms with Gasteiger partial charge < -0.3 is 4.74 Å². The maximum atomic E-state index is 12.4. The Labute approximate surface area is 157 Å². The molecule has 0 spiro atoms. The number of methoxy groups -OCH3 is 1. The van der Waals surface area contributed by atoms with E-state index >= 15 is 0 Å². The molecule has 0 fully saturated rings. The molecule has 0 bridgehead atoms. The van der Waals surface area contributed by atoms with Gasteiger partial charge in [0.1, 0.15) is 5.75 Å². The predicted octanol–water partition coefficient (Wildman–Crippen LogP) is 2.70. The third kappa shape index (κ3) is 4.94. The fourth-order valence-corrected chi connectivity index (χ4v) is 4.47. The molecule has 0 aliphatic heterocycles. The molecular formula is C18H21N3O3S2. The fourth-order valence-electron chi connectivity index (χ4n) is 2.59. The average molecular weight is 392 g/mol. The number of nitrogens with zero attached hydrogens (tertiary/aromatic N) is 2. The SMILES string of the molecule is COc1ccc(CCS(=O)(=O)NCC(c2cccs2)n2cccn2)cc1. The molecule has 2 aromatic heterocycles. The Bertz CT molecular complexity index is 856. The summed E-state index contributed by atoms with van der Waals surface area (Å²) in [5.74, 6) is 0.794. The number of benzene rings is 1. The van der Waals surface area contributed by atoms with Gasteiger partial charge in [-0.15, -0.1) is 11.3 Å². The van der Waals surface area contributed by atoms with Crippen LogP contribution in [-0.2, 0) is 16.4 Å². The second-order valence-corrected chi connectivity index (χ2v) is 8.69. The van der Waals surface area contributed by atoms with Crippen molar-refractivity contribution < 1.29 is 13.2 Å². The molecule has 1 unspecified atom stereocenters. The molecule has 1 atom stereocenters. The number of thiophene rings is 1. The van der Waals surface area contributed by atoms with Crippen LogP contribution in [0.2, 0.25) is 0 Å². The Morgan fingerprint density at radius 1 is 1.23 bits per heavy atom. The van der Waals surface area contributed by atoms with E-state index in [0.29, 0.717) is 6.42 Å². The molecule has 8 heteroatoms. The van der Waals surface area contributed by atoms with Gasteiger partial charge in [-0.25, -0.2) is 13.1 Å². The maximum absolute atomic E-state index is 12.4. The molecule has 0 amide bonds. The topological polar surface area (TPSA) is 73.2 Å². The van der Waals surface area contributed by atoms with Crippen LogP contribution in [0.5, 0.6) is 5.75 Å². The Kier molecular flexibility index (Phi) is 6.08. The average Bonchev–Trinajstić information content (AvgIpc) is 3.35. The summed E-state index contributed by atoms with van der Waals surface area (Å²) in [6.07, 6.45) is 3.99. The van der Waals surface area contributed by atoms with Gasteiger partial charge in [0.15, 0.2) is 0 Å². The zero-order chi connectivity index (χ0) is 18.4. The summed E-state index contributed by atoms with van der Waals surface area (Å²) in [5, 5.41) is 6.24. The van der Waals surface area contributed by atoms with E-state index in [1.807, 2.05) is 54.0 Å². The second-order valence-electron chi connectivity index (χ2n) is 5.78. The summed E-state index contributed by atoms with van der Waals surface area (Å²) in [6.45, 7) is 0.271. The van der Waals surface area contributed by atoms with E-state index in [-0.39, 0.29) is 18.3 Å². The minimum atomic E-state index is -3.39. The molecule has 1 aromatic carbocycles. The second kappa shape index (κ2) is 8.48. The van der Waals surface area contributed by atoms with E-state index < -0.39 is 10.0 Å². The van der Waals surface area contributed by atoms with Gasteiger partial charge in [-0.2, -0.15) is 5.10 Å². The first-order valence-electron chi connectivity index (χ1n) is 8.20. The molecule has 0 aliphatic carbocycles. The van der Waals surface area contributed by atoms with Crippen molar-refractivity contribution in [2.75, 3.05) is 19.4 Å². The van der Waals surface area contributed by atoms with Crippen LogP contribution in [0.1, 0.15) is 16.5 Å². The van der Waals surface area contributed by atoms with Crippen LogP contribution < -0.4 is 9.46 Å². The quantitative estimate of drug-likeness (QED) is 0.609. The summed E-state index contributed by atoms with van der Waals surface area (Å²) in [6, 6.07) is 13.1. The molecule has 1 N–H and O–H groups in total. The van der Waals surface area contributed by atoms with Crippen molar-refractivity contribution in [3.05, 3.63) is 70.7 Å². The van der Waals surface area contributed by atoms with Crippen LogP contribution in [0.25, 0.3) is 0 Å². The van der Waals surface area contributed by atoms with Gasteiger partial charge >= 0.3 is 0 Å². The third-order valence-electron chi connectivity index (χ3n) is 4.03. The molecular weight excluding hydrogens is 370 g/mol. The normalized spacial score (nSPS) is 12.8. The number of rotatable bonds is 9. The lowest BCUT2D eigenvalue weighted by Gasteiger charge is -2.17. The van der Waals surface area contributed by atoms with Gasteiger partial charge in [0.25, 0.3) is 0 Å². The first kappa shape index (κ1) is 18.6. The van der Waals surface area contributed by atoms with E-state index in [9.17, 15) is 8.42 Å². The van der Waals surface area contributed by atoms with Crippen molar-refractivity contribution in [2.24, 2.45) is 0 Å². The van der Waals surface area contributed by atoms with Crippen LogP contribution in [0, 0.1) is 0 Å². The predicted molar refractivity (Wildman–Crippen MR) is 103 cm³/mol. The molecule has 2 heterocycles. The van der Waals surface area contributed by atoms with Crippen LogP contribution in [0.15, 0.2) is 60.2 Å². The largest absolute Gasteiger partial charge is 0.497 e. The van der Waals surface area contributed by atoms with E-state index in [0.717, 1.165) is 16.2 Å². The zero-order valence-electron chi connectivity index (χ0n) is 14.4. The van der Waals surface area contributed by atoms with Gasteiger partial charge in [-0.1, -0.05) is 18.2 Å². The highest BCUT2D eigenvalue weighted by Crippen LogP contribution is 2.22.